The Bertz CT molecular complexity index is 446. The van der Waals surface area contributed by atoms with Crippen molar-refractivity contribution in [3.63, 3.8) is 0 Å². The second-order valence-electron chi connectivity index (χ2n) is 2.88. The predicted molar refractivity (Wildman–Crippen MR) is 69.2 cm³/mol. The van der Waals surface area contributed by atoms with E-state index in [4.69, 9.17) is 11.6 Å². The van der Waals surface area contributed by atoms with Crippen molar-refractivity contribution in [1.29, 1.82) is 0 Å². The molecule has 8 heteroatoms. The summed E-state index contributed by atoms with van der Waals surface area (Å²) < 4.78 is 24.0. The van der Waals surface area contributed by atoms with Crippen LogP contribution in [-0.4, -0.2) is 22.4 Å². The van der Waals surface area contributed by atoms with Crippen LogP contribution in [0, 0.1) is 0 Å². The number of alkyl halides is 3. The fourth-order valence-corrected chi connectivity index (χ4v) is 2.65. The van der Waals surface area contributed by atoms with Gasteiger partial charge in [-0.1, -0.05) is 61.7 Å². The van der Waals surface area contributed by atoms with Crippen molar-refractivity contribution in [3.8, 4) is 0 Å². The minimum absolute atomic E-state index is 0.0509. The van der Waals surface area contributed by atoms with Crippen LogP contribution in [-0.2, 0) is 10.0 Å². The van der Waals surface area contributed by atoms with Gasteiger partial charge in [-0.05, 0) is 12.1 Å². The Morgan fingerprint density at radius 1 is 1.31 bits per heavy atom. The molecule has 1 unspecified atom stereocenters. The second-order valence-corrected chi connectivity index (χ2v) is 9.67. The summed E-state index contributed by atoms with van der Waals surface area (Å²) in [5.41, 5.74) is 0. The summed E-state index contributed by atoms with van der Waals surface area (Å²) >= 11 is 11.4. The van der Waals surface area contributed by atoms with Gasteiger partial charge in [0.05, 0.1) is 4.90 Å². The number of rotatable bonds is 4. The van der Waals surface area contributed by atoms with Crippen molar-refractivity contribution in [3.05, 3.63) is 30.3 Å². The van der Waals surface area contributed by atoms with E-state index in [-0.39, 0.29) is 4.90 Å². The van der Waals surface area contributed by atoms with Crippen LogP contribution in [0.5, 0.6) is 0 Å². The number of halogens is 3. The molecule has 4 nitrogen and oxygen atoms in total. The number of hydrogen-bond acceptors (Lipinski definition) is 3. The lowest BCUT2D eigenvalue weighted by molar-refractivity contribution is 0.175. The highest BCUT2D eigenvalue weighted by Gasteiger charge is 2.33. The molecule has 90 valence electrons. The maximum atomic E-state index is 11.7. The number of hydrogen-bond donors (Lipinski definition) is 2. The highest BCUT2D eigenvalue weighted by molar-refractivity contribution is 9.26. The van der Waals surface area contributed by atoms with Gasteiger partial charge < -0.3 is 5.11 Å². The van der Waals surface area contributed by atoms with Gasteiger partial charge in [0.25, 0.3) is 0 Å². The number of nitrogens with one attached hydrogen (secondary N) is 1. The highest BCUT2D eigenvalue weighted by Crippen LogP contribution is 2.34. The molecule has 0 aliphatic heterocycles. The van der Waals surface area contributed by atoms with Crippen LogP contribution in [0.15, 0.2) is 35.2 Å². The molecular weight excluding hydrogens is 385 g/mol. The van der Waals surface area contributed by atoms with Crippen LogP contribution in [0.2, 0.25) is 0 Å². The van der Waals surface area contributed by atoms with Crippen LogP contribution in [0.1, 0.15) is 0 Å². The number of sulfonamides is 1. The Labute approximate surface area is 115 Å². The molecule has 1 atom stereocenters. The van der Waals surface area contributed by atoms with Crippen molar-refractivity contribution in [1.82, 2.24) is 4.72 Å². The molecule has 16 heavy (non-hydrogen) atoms. The van der Waals surface area contributed by atoms with Gasteiger partial charge in [-0.3, -0.25) is 0 Å². The summed E-state index contributed by atoms with van der Waals surface area (Å²) in [6.45, 7) is 0. The first-order valence-corrected chi connectivity index (χ1v) is 7.50. The van der Waals surface area contributed by atoms with Gasteiger partial charge in [0.15, 0.2) is 8.92 Å². The van der Waals surface area contributed by atoms with Crippen LogP contribution >= 0.6 is 43.5 Å². The third-order valence-electron chi connectivity index (χ3n) is 1.63. The fourth-order valence-electron chi connectivity index (χ4n) is 0.881. The molecule has 0 radical (unpaired) electrons. The van der Waals surface area contributed by atoms with Gasteiger partial charge >= 0.3 is 0 Å². The minimum Gasteiger partial charge on any atom is -0.374 e. The predicted octanol–water partition coefficient (Wildman–Crippen LogP) is 1.97. The molecule has 2 N–H and O–H groups in total. The Morgan fingerprint density at radius 2 is 1.81 bits per heavy atom. The van der Waals surface area contributed by atoms with Crippen molar-refractivity contribution >= 4 is 53.5 Å². The molecule has 0 amide bonds. The third-order valence-corrected chi connectivity index (χ3v) is 4.13. The van der Waals surface area contributed by atoms with Crippen molar-refractivity contribution in [2.24, 2.45) is 0 Å². The molecule has 0 aromatic heterocycles. The number of benzene rings is 1. The lowest BCUT2D eigenvalue weighted by Gasteiger charge is -2.20. The van der Waals surface area contributed by atoms with Crippen molar-refractivity contribution < 1.29 is 13.5 Å². The lowest BCUT2D eigenvalue weighted by Crippen LogP contribution is -2.42. The van der Waals surface area contributed by atoms with Gasteiger partial charge in [-0.2, -0.15) is 4.72 Å². The zero-order valence-corrected chi connectivity index (χ0v) is 12.5. The van der Waals surface area contributed by atoms with E-state index in [0.29, 0.717) is 0 Å². The normalized spacial score (nSPS) is 14.8. The Morgan fingerprint density at radius 3 is 2.25 bits per heavy atom. The van der Waals surface area contributed by atoms with Crippen LogP contribution in [0.4, 0.5) is 0 Å². The maximum Gasteiger partial charge on any atom is 0.242 e. The van der Waals surface area contributed by atoms with E-state index >= 15 is 0 Å². The quantitative estimate of drug-likeness (QED) is 0.607. The summed E-state index contributed by atoms with van der Waals surface area (Å²) in [6.07, 6.45) is -1.51. The van der Waals surface area contributed by atoms with Gasteiger partial charge in [-0.15, -0.1) is 0 Å². The molecule has 0 bridgehead atoms. The van der Waals surface area contributed by atoms with Gasteiger partial charge in [0.1, 0.15) is 0 Å². The third kappa shape index (κ3) is 3.97. The van der Waals surface area contributed by atoms with Gasteiger partial charge in [-0.25, -0.2) is 8.42 Å². The zero-order valence-electron chi connectivity index (χ0n) is 7.77. The van der Waals surface area contributed by atoms with Gasteiger partial charge in [0.2, 0.25) is 10.0 Å². The van der Waals surface area contributed by atoms with Gasteiger partial charge in [0, 0.05) is 0 Å². The van der Waals surface area contributed by atoms with E-state index in [2.05, 4.69) is 31.9 Å². The molecule has 0 aliphatic carbocycles. The fraction of sp³-hybridized carbons (Fsp3) is 0.250. The maximum absolute atomic E-state index is 11.7. The largest absolute Gasteiger partial charge is 0.374 e. The van der Waals surface area contributed by atoms with Crippen LogP contribution in [0.3, 0.4) is 0 Å². The first-order valence-electron chi connectivity index (χ1n) is 4.05. The van der Waals surface area contributed by atoms with Crippen molar-refractivity contribution in [2.45, 2.75) is 13.8 Å². The molecule has 1 aromatic carbocycles. The molecule has 1 rings (SSSR count). The first kappa shape index (κ1) is 14.4. The molecule has 0 spiro atoms. The molecule has 0 fully saturated rings. The molecule has 0 aliphatic rings. The van der Waals surface area contributed by atoms with E-state index in [9.17, 15) is 13.5 Å². The second kappa shape index (κ2) is 5.32. The minimum atomic E-state index is -3.79. The average Bonchev–Trinajstić information content (AvgIpc) is 2.17. The topological polar surface area (TPSA) is 66.4 Å². The van der Waals surface area contributed by atoms with Crippen molar-refractivity contribution in [2.75, 3.05) is 0 Å². The van der Waals surface area contributed by atoms with E-state index in [1.165, 1.54) is 12.1 Å². The number of aliphatic hydroxyl groups is 1. The zero-order chi connectivity index (χ0) is 12.4. The Kier molecular flexibility index (Phi) is 4.79. The summed E-state index contributed by atoms with van der Waals surface area (Å²) in [7, 11) is -3.79. The highest BCUT2D eigenvalue weighted by atomic mass is 79.9. The standard InChI is InChI=1S/C8H8Br2ClNO3S/c9-8(10,11)7(13)12-16(14,15)6-4-2-1-3-5-6/h1-5,7,12-13H. The molecule has 1 aromatic rings. The van der Waals surface area contributed by atoms with E-state index in [0.717, 1.165) is 0 Å². The summed E-state index contributed by atoms with van der Waals surface area (Å²) in [6, 6.07) is 7.67. The SMILES string of the molecule is O=S(=O)(NC(O)C(Cl)(Br)Br)c1ccccc1. The lowest BCUT2D eigenvalue weighted by atomic mass is 10.4. The number of aliphatic hydroxyl groups excluding tert-OH is 1. The van der Waals surface area contributed by atoms with E-state index < -0.39 is 18.9 Å². The molecule has 0 saturated heterocycles. The summed E-state index contributed by atoms with van der Waals surface area (Å²) in [5.74, 6) is 0. The molecule has 0 heterocycles. The summed E-state index contributed by atoms with van der Waals surface area (Å²) in [5, 5.41) is 9.47. The first-order chi connectivity index (χ1) is 7.23. The smallest absolute Gasteiger partial charge is 0.242 e. The van der Waals surface area contributed by atoms with E-state index in [1.54, 1.807) is 18.2 Å². The average molecular weight is 393 g/mol. The molecular formula is C8H8Br2ClNO3S. The molecule has 0 saturated carbocycles. The monoisotopic (exact) mass is 391 g/mol. The Hall–Kier alpha value is 0.340. The summed E-state index contributed by atoms with van der Waals surface area (Å²) in [4.78, 5) is 0.0509. The van der Waals surface area contributed by atoms with E-state index in [1.807, 2.05) is 4.72 Å². The Balaban J connectivity index is 2.90. The van der Waals surface area contributed by atoms with Crippen LogP contribution in [0.25, 0.3) is 0 Å². The van der Waals surface area contributed by atoms with Crippen LogP contribution < -0.4 is 4.72 Å².